The highest BCUT2D eigenvalue weighted by molar-refractivity contribution is 6.33. The summed E-state index contributed by atoms with van der Waals surface area (Å²) in [4.78, 5) is 29.7. The van der Waals surface area contributed by atoms with Crippen molar-refractivity contribution in [1.29, 1.82) is 0 Å². The van der Waals surface area contributed by atoms with Crippen LogP contribution in [0.15, 0.2) is 36.4 Å². The van der Waals surface area contributed by atoms with Crippen molar-refractivity contribution in [3.05, 3.63) is 58.0 Å². The van der Waals surface area contributed by atoms with Crippen molar-refractivity contribution in [3.63, 3.8) is 0 Å². The minimum absolute atomic E-state index is 0.00398. The van der Waals surface area contributed by atoms with Crippen molar-refractivity contribution >= 4 is 51.7 Å². The Labute approximate surface area is 226 Å². The van der Waals surface area contributed by atoms with Crippen LogP contribution in [0, 0.1) is 5.41 Å². The van der Waals surface area contributed by atoms with Gasteiger partial charge < -0.3 is 14.4 Å². The maximum atomic E-state index is 14.3. The fourth-order valence-corrected chi connectivity index (χ4v) is 7.64. The summed E-state index contributed by atoms with van der Waals surface area (Å²) >= 11 is 12.2. The Morgan fingerprint density at radius 2 is 1.81 bits per heavy atom. The van der Waals surface area contributed by atoms with Crippen LogP contribution in [0.3, 0.4) is 0 Å². The molecule has 4 aliphatic rings. The van der Waals surface area contributed by atoms with Crippen LogP contribution in [-0.4, -0.2) is 69.5 Å². The molecule has 0 radical (unpaired) electrons. The fraction of sp³-hybridized carbons (Fsp3) is 0.464. The van der Waals surface area contributed by atoms with Gasteiger partial charge in [0.1, 0.15) is 16.0 Å². The molecule has 0 unspecified atom stereocenters. The quantitative estimate of drug-likeness (QED) is 0.439. The van der Waals surface area contributed by atoms with Crippen LogP contribution >= 0.6 is 23.2 Å². The van der Waals surface area contributed by atoms with Gasteiger partial charge in [0.05, 0.1) is 11.6 Å². The van der Waals surface area contributed by atoms with E-state index in [0.717, 1.165) is 43.6 Å². The molecule has 0 saturated carbocycles. The van der Waals surface area contributed by atoms with Crippen molar-refractivity contribution in [2.24, 2.45) is 5.41 Å². The summed E-state index contributed by atoms with van der Waals surface area (Å²) < 4.78 is 2.31. The molecular formula is C28H30Cl2N6O. The van der Waals surface area contributed by atoms with Gasteiger partial charge in [0, 0.05) is 55.3 Å². The SMILES string of the molecule is CC[C@@]12C=C(C(=O)N3CCN(c4nc(Cl)cc(Cl)n4)CC3)n3c4c(c5ccccc53)CCN(CCC1)[C@H]42. The zero-order chi connectivity index (χ0) is 25.3. The second-order valence-electron chi connectivity index (χ2n) is 10.7. The largest absolute Gasteiger partial charge is 0.337 e. The number of hydrogen-bond donors (Lipinski definition) is 0. The molecule has 2 fully saturated rings. The average Bonchev–Trinajstić information content (AvgIpc) is 3.26. The summed E-state index contributed by atoms with van der Waals surface area (Å²) in [5, 5.41) is 1.95. The Bertz CT molecular complexity index is 1420. The molecule has 3 aromatic rings. The van der Waals surface area contributed by atoms with Gasteiger partial charge >= 0.3 is 0 Å². The molecule has 2 aromatic heterocycles. The standard InChI is InChI=1S/C28H30Cl2N6O/c1-2-28-9-5-10-33-11-8-19-18-6-3-4-7-20(18)36(24(19)25(28)33)21(17-28)26(37)34-12-14-35(15-13-34)27-31-22(29)16-23(30)32-27/h3-4,6-7,16-17,25H,2,5,8-15H2,1H3/t25-,28+/m1/s1. The summed E-state index contributed by atoms with van der Waals surface area (Å²) in [6.45, 7) is 7.00. The van der Waals surface area contributed by atoms with Crippen molar-refractivity contribution in [1.82, 2.24) is 24.3 Å². The van der Waals surface area contributed by atoms with Crippen molar-refractivity contribution in [2.45, 2.75) is 38.6 Å². The smallest absolute Gasteiger partial charge is 0.270 e. The Balaban J connectivity index is 1.27. The first-order valence-electron chi connectivity index (χ1n) is 13.3. The van der Waals surface area contributed by atoms with E-state index in [0.29, 0.717) is 48.5 Å². The van der Waals surface area contributed by atoms with Crippen LogP contribution in [0.4, 0.5) is 5.95 Å². The topological polar surface area (TPSA) is 57.5 Å². The molecule has 2 atom stereocenters. The molecule has 0 N–H and O–H groups in total. The molecule has 1 aromatic carbocycles. The van der Waals surface area contributed by atoms with Gasteiger partial charge in [-0.15, -0.1) is 0 Å². The lowest BCUT2D eigenvalue weighted by molar-refractivity contribution is -0.126. The van der Waals surface area contributed by atoms with E-state index in [1.54, 1.807) is 0 Å². The maximum absolute atomic E-state index is 14.3. The highest BCUT2D eigenvalue weighted by Gasteiger charge is 2.51. The van der Waals surface area contributed by atoms with Crippen LogP contribution in [0.1, 0.15) is 43.5 Å². The molecule has 37 heavy (non-hydrogen) atoms. The molecule has 0 spiro atoms. The van der Waals surface area contributed by atoms with Crippen molar-refractivity contribution in [2.75, 3.05) is 44.2 Å². The number of anilines is 1. The van der Waals surface area contributed by atoms with Crippen LogP contribution in [0.2, 0.25) is 10.3 Å². The van der Waals surface area contributed by atoms with Gasteiger partial charge in [-0.2, -0.15) is 0 Å². The number of carbonyl (C=O) groups excluding carboxylic acids is 1. The van der Waals surface area contributed by atoms with Crippen molar-refractivity contribution < 1.29 is 4.79 Å². The highest BCUT2D eigenvalue weighted by atomic mass is 35.5. The van der Waals surface area contributed by atoms with E-state index in [1.165, 1.54) is 29.1 Å². The zero-order valence-electron chi connectivity index (χ0n) is 21.0. The van der Waals surface area contributed by atoms with Crippen LogP contribution in [0.5, 0.6) is 0 Å². The van der Waals surface area contributed by atoms with E-state index < -0.39 is 0 Å². The fourth-order valence-electron chi connectivity index (χ4n) is 7.23. The van der Waals surface area contributed by atoms with Gasteiger partial charge in [-0.3, -0.25) is 9.69 Å². The third kappa shape index (κ3) is 3.54. The maximum Gasteiger partial charge on any atom is 0.270 e. The zero-order valence-corrected chi connectivity index (χ0v) is 22.5. The van der Waals surface area contributed by atoms with Crippen molar-refractivity contribution in [3.8, 4) is 0 Å². The number of fused-ring (bicyclic) bond motifs is 3. The van der Waals surface area contributed by atoms with Crippen LogP contribution in [-0.2, 0) is 11.2 Å². The number of piperazine rings is 1. The van der Waals surface area contributed by atoms with E-state index in [1.807, 2.05) is 9.80 Å². The Morgan fingerprint density at radius 1 is 1.05 bits per heavy atom. The Morgan fingerprint density at radius 3 is 2.57 bits per heavy atom. The molecule has 2 saturated heterocycles. The van der Waals surface area contributed by atoms with E-state index in [9.17, 15) is 4.79 Å². The van der Waals surface area contributed by atoms with Gasteiger partial charge in [0.25, 0.3) is 5.91 Å². The Hall–Kier alpha value is -2.61. The molecule has 6 heterocycles. The first-order chi connectivity index (χ1) is 18.0. The summed E-state index contributed by atoms with van der Waals surface area (Å²) in [6, 6.07) is 10.5. The summed E-state index contributed by atoms with van der Waals surface area (Å²) in [5.41, 5.74) is 4.78. The van der Waals surface area contributed by atoms with E-state index in [4.69, 9.17) is 23.2 Å². The number of para-hydroxylation sites is 1. The van der Waals surface area contributed by atoms with Gasteiger partial charge in [-0.05, 0) is 49.9 Å². The third-order valence-electron chi connectivity index (χ3n) is 8.97. The highest BCUT2D eigenvalue weighted by Crippen LogP contribution is 2.57. The van der Waals surface area contributed by atoms with E-state index in [-0.39, 0.29) is 11.3 Å². The number of benzene rings is 1. The van der Waals surface area contributed by atoms with Gasteiger partial charge in [0.2, 0.25) is 5.95 Å². The monoisotopic (exact) mass is 536 g/mol. The number of hydrogen-bond acceptors (Lipinski definition) is 5. The number of aromatic nitrogens is 3. The second-order valence-corrected chi connectivity index (χ2v) is 11.5. The molecule has 0 aliphatic carbocycles. The summed E-state index contributed by atoms with van der Waals surface area (Å²) in [7, 11) is 0. The molecule has 7 nitrogen and oxygen atoms in total. The number of piperidine rings is 1. The molecule has 192 valence electrons. The lowest BCUT2D eigenvalue weighted by Gasteiger charge is -2.53. The molecular weight excluding hydrogens is 507 g/mol. The lowest BCUT2D eigenvalue weighted by Crippen LogP contribution is -2.53. The van der Waals surface area contributed by atoms with Crippen LogP contribution in [0.25, 0.3) is 16.6 Å². The summed E-state index contributed by atoms with van der Waals surface area (Å²) in [6.07, 6.45) is 6.74. The predicted molar refractivity (Wildman–Crippen MR) is 147 cm³/mol. The third-order valence-corrected chi connectivity index (χ3v) is 9.36. The molecule has 9 heteroatoms. The normalized spacial score (nSPS) is 25.3. The first kappa shape index (κ1) is 23.5. The summed E-state index contributed by atoms with van der Waals surface area (Å²) in [5.74, 6) is 0.629. The Kier molecular flexibility index (Phi) is 5.54. The number of nitrogens with zero attached hydrogens (tertiary/aromatic N) is 6. The number of rotatable bonds is 3. The molecule has 4 aliphatic heterocycles. The van der Waals surface area contributed by atoms with Crippen LogP contribution < -0.4 is 4.90 Å². The van der Waals surface area contributed by atoms with Gasteiger partial charge in [-0.25, -0.2) is 9.97 Å². The van der Waals surface area contributed by atoms with E-state index in [2.05, 4.69) is 56.7 Å². The minimum Gasteiger partial charge on any atom is -0.337 e. The second kappa shape index (κ2) is 8.72. The number of halogens is 2. The number of carbonyl (C=O) groups is 1. The predicted octanol–water partition coefficient (Wildman–Crippen LogP) is 5.03. The average molecular weight is 537 g/mol. The first-order valence-corrected chi connectivity index (χ1v) is 14.1. The molecule has 1 amide bonds. The van der Waals surface area contributed by atoms with Gasteiger partial charge in [-0.1, -0.05) is 48.3 Å². The lowest BCUT2D eigenvalue weighted by atomic mass is 9.66. The van der Waals surface area contributed by atoms with E-state index >= 15 is 0 Å². The van der Waals surface area contributed by atoms with Gasteiger partial charge in [0.15, 0.2) is 0 Å². The minimum atomic E-state index is -0.00398. The number of amides is 1. The molecule has 7 rings (SSSR count). The molecule has 0 bridgehead atoms.